The van der Waals surface area contributed by atoms with E-state index in [9.17, 15) is 19.2 Å². The molecule has 0 aromatic heterocycles. The van der Waals surface area contributed by atoms with Crippen LogP contribution in [0.3, 0.4) is 0 Å². The zero-order chi connectivity index (χ0) is 31.4. The van der Waals surface area contributed by atoms with Crippen molar-refractivity contribution in [3.8, 4) is 0 Å². The third-order valence-electron chi connectivity index (χ3n) is 6.84. The van der Waals surface area contributed by atoms with E-state index in [-0.39, 0.29) is 23.0 Å². The smallest absolute Gasteiger partial charge is 0.415 e. The largest absolute Gasteiger partial charge is 0.448 e. The van der Waals surface area contributed by atoms with Gasteiger partial charge in [0.2, 0.25) is 5.91 Å². The molecular weight excluding hydrogens is 602 g/mol. The summed E-state index contributed by atoms with van der Waals surface area (Å²) in [6.07, 6.45) is -1.42. The van der Waals surface area contributed by atoms with Gasteiger partial charge in [-0.3, -0.25) is 19.4 Å². The number of benzene rings is 3. The van der Waals surface area contributed by atoms with Crippen molar-refractivity contribution < 1.29 is 28.7 Å². The van der Waals surface area contributed by atoms with Gasteiger partial charge in [-0.15, -0.1) is 11.8 Å². The summed E-state index contributed by atoms with van der Waals surface area (Å²) in [5.41, 5.74) is 1.18. The van der Waals surface area contributed by atoms with Gasteiger partial charge in [-0.25, -0.2) is 9.59 Å². The Hall–Kier alpha value is -4.28. The average Bonchev–Trinajstić information content (AvgIpc) is 3.01. The number of hydrogen-bond donors (Lipinski definition) is 1. The van der Waals surface area contributed by atoms with Crippen LogP contribution in [-0.4, -0.2) is 58.1 Å². The highest BCUT2D eigenvalue weighted by molar-refractivity contribution is 8.00. The Kier molecular flexibility index (Phi) is 9.31. The molecule has 1 fully saturated rings. The van der Waals surface area contributed by atoms with Crippen molar-refractivity contribution in [1.29, 1.82) is 0 Å². The fraction of sp³-hybridized carbons (Fsp3) is 0.273. The summed E-state index contributed by atoms with van der Waals surface area (Å²) in [5.74, 6) is -1.55. The summed E-state index contributed by atoms with van der Waals surface area (Å²) in [6, 6.07) is 26.3. The van der Waals surface area contributed by atoms with Crippen molar-refractivity contribution in [2.24, 2.45) is 0 Å². The van der Waals surface area contributed by atoms with E-state index < -0.39 is 47.0 Å². The zero-order valence-corrected chi connectivity index (χ0v) is 26.0. The number of halogens is 1. The Bertz CT molecular complexity index is 1520. The first-order valence-electron chi connectivity index (χ1n) is 14.0. The van der Waals surface area contributed by atoms with Crippen molar-refractivity contribution >= 4 is 52.9 Å². The van der Waals surface area contributed by atoms with E-state index in [2.05, 4.69) is 5.32 Å². The molecule has 11 heteroatoms. The standard InChI is InChI=1S/C33H32ClN3O6S/c1-33(2,3)43-32(41)36(23-17-11-6-12-18-23)19-25(38)35-26-29(39)37-27(24(34)20-44-30(26)37)31(40)42-28(21-13-7-4-8-14-21)22-15-9-5-10-16-22/h4-18,26,28,30H,19-20H2,1-3H3,(H,35,38)/t26-,30-/m1/s1. The molecule has 3 amide bonds. The van der Waals surface area contributed by atoms with E-state index in [1.54, 1.807) is 51.1 Å². The molecule has 0 saturated carbocycles. The normalized spacial score (nSPS) is 17.8. The van der Waals surface area contributed by atoms with Gasteiger partial charge in [0.05, 0.1) is 5.03 Å². The van der Waals surface area contributed by atoms with Gasteiger partial charge < -0.3 is 14.8 Å². The molecule has 2 atom stereocenters. The molecule has 0 aliphatic carbocycles. The molecule has 0 unspecified atom stereocenters. The molecule has 2 aliphatic rings. The van der Waals surface area contributed by atoms with Gasteiger partial charge in [-0.2, -0.15) is 0 Å². The summed E-state index contributed by atoms with van der Waals surface area (Å²) in [7, 11) is 0. The lowest BCUT2D eigenvalue weighted by Gasteiger charge is -2.49. The lowest BCUT2D eigenvalue weighted by molar-refractivity contribution is -0.154. The van der Waals surface area contributed by atoms with Gasteiger partial charge in [0.25, 0.3) is 5.91 Å². The number of fused-ring (bicyclic) bond motifs is 1. The lowest BCUT2D eigenvalue weighted by Crippen LogP contribution is -2.71. The maximum atomic E-state index is 13.6. The molecule has 1 saturated heterocycles. The molecular formula is C33H32ClN3O6S. The second-order valence-electron chi connectivity index (χ2n) is 11.2. The third kappa shape index (κ3) is 6.92. The van der Waals surface area contributed by atoms with Gasteiger partial charge in [-0.1, -0.05) is 90.5 Å². The van der Waals surface area contributed by atoms with Crippen molar-refractivity contribution in [3.05, 3.63) is 113 Å². The molecule has 0 spiro atoms. The quantitative estimate of drug-likeness (QED) is 0.254. The second kappa shape index (κ2) is 13.2. The van der Waals surface area contributed by atoms with Gasteiger partial charge in [0, 0.05) is 11.4 Å². The summed E-state index contributed by atoms with van der Waals surface area (Å²) >= 11 is 7.83. The zero-order valence-electron chi connectivity index (χ0n) is 24.4. The first-order valence-corrected chi connectivity index (χ1v) is 15.5. The second-order valence-corrected chi connectivity index (χ2v) is 12.8. The Balaban J connectivity index is 1.30. The molecule has 0 radical (unpaired) electrons. The van der Waals surface area contributed by atoms with Crippen LogP contribution in [0.15, 0.2) is 102 Å². The number of ether oxygens (including phenoxy) is 2. The monoisotopic (exact) mass is 633 g/mol. The summed E-state index contributed by atoms with van der Waals surface area (Å²) in [4.78, 5) is 55.6. The van der Waals surface area contributed by atoms with Gasteiger partial charge >= 0.3 is 12.1 Å². The molecule has 3 aromatic carbocycles. The molecule has 3 aromatic rings. The maximum Gasteiger partial charge on any atom is 0.415 e. The SMILES string of the molecule is CC(C)(C)OC(=O)N(CC(=O)N[C@@H]1C(=O)N2C(C(=O)OC(c3ccccc3)c3ccccc3)=C(Cl)CS[C@H]12)c1ccccc1. The van der Waals surface area contributed by atoms with E-state index in [1.807, 2.05) is 60.7 Å². The van der Waals surface area contributed by atoms with Crippen molar-refractivity contribution in [2.75, 3.05) is 17.2 Å². The Morgan fingerprint density at radius 3 is 2.05 bits per heavy atom. The number of anilines is 1. The number of carbonyl (C=O) groups is 4. The van der Waals surface area contributed by atoms with E-state index in [1.165, 1.54) is 21.6 Å². The molecule has 5 rings (SSSR count). The maximum absolute atomic E-state index is 13.6. The Morgan fingerprint density at radius 1 is 0.955 bits per heavy atom. The Labute approximate surface area is 265 Å². The number of esters is 1. The number of β-lactam (4-membered cyclic amide) rings is 1. The number of thioether (sulfide) groups is 1. The van der Waals surface area contributed by atoms with Crippen molar-refractivity contribution in [2.45, 2.75) is 43.9 Å². The highest BCUT2D eigenvalue weighted by Crippen LogP contribution is 2.42. The fourth-order valence-corrected chi connectivity index (χ4v) is 6.41. The van der Waals surface area contributed by atoms with E-state index >= 15 is 0 Å². The molecule has 228 valence electrons. The van der Waals surface area contributed by atoms with E-state index in [0.29, 0.717) is 5.69 Å². The topological polar surface area (TPSA) is 105 Å². The van der Waals surface area contributed by atoms with Crippen LogP contribution in [0.5, 0.6) is 0 Å². The first kappa shape index (κ1) is 31.2. The van der Waals surface area contributed by atoms with Crippen LogP contribution < -0.4 is 10.2 Å². The summed E-state index contributed by atoms with van der Waals surface area (Å²) in [6.45, 7) is 4.83. The van der Waals surface area contributed by atoms with Crippen LogP contribution in [0.25, 0.3) is 0 Å². The van der Waals surface area contributed by atoms with Gasteiger partial charge in [0.1, 0.15) is 29.3 Å². The van der Waals surface area contributed by atoms with Crippen molar-refractivity contribution in [1.82, 2.24) is 10.2 Å². The van der Waals surface area contributed by atoms with Crippen molar-refractivity contribution in [3.63, 3.8) is 0 Å². The highest BCUT2D eigenvalue weighted by Gasteiger charge is 2.54. The number of para-hydroxylation sites is 1. The van der Waals surface area contributed by atoms with Crippen LogP contribution >= 0.6 is 23.4 Å². The Morgan fingerprint density at radius 2 is 1.50 bits per heavy atom. The van der Waals surface area contributed by atoms with Gasteiger partial charge in [0.15, 0.2) is 6.10 Å². The average molecular weight is 634 g/mol. The van der Waals surface area contributed by atoms with E-state index in [0.717, 1.165) is 11.1 Å². The van der Waals surface area contributed by atoms with Crippen LogP contribution in [-0.2, 0) is 23.9 Å². The highest BCUT2D eigenvalue weighted by atomic mass is 35.5. The minimum absolute atomic E-state index is 0.0394. The minimum Gasteiger partial charge on any atom is -0.448 e. The number of amides is 3. The number of nitrogens with zero attached hydrogens (tertiary/aromatic N) is 2. The molecule has 9 nitrogen and oxygen atoms in total. The van der Waals surface area contributed by atoms with Crippen LogP contribution in [0.1, 0.15) is 38.0 Å². The van der Waals surface area contributed by atoms with Crippen LogP contribution in [0, 0.1) is 0 Å². The summed E-state index contributed by atoms with van der Waals surface area (Å²) < 4.78 is 11.5. The fourth-order valence-electron chi connectivity index (χ4n) is 4.87. The number of nitrogens with one attached hydrogen (secondary N) is 1. The summed E-state index contributed by atoms with van der Waals surface area (Å²) in [5, 5.41) is 2.35. The van der Waals surface area contributed by atoms with E-state index in [4.69, 9.17) is 21.1 Å². The molecule has 0 bridgehead atoms. The molecule has 2 heterocycles. The molecule has 2 aliphatic heterocycles. The third-order valence-corrected chi connectivity index (χ3v) is 8.60. The lowest BCUT2D eigenvalue weighted by atomic mass is 10.0. The predicted octanol–water partition coefficient (Wildman–Crippen LogP) is 5.61. The predicted molar refractivity (Wildman–Crippen MR) is 169 cm³/mol. The number of hydrogen-bond acceptors (Lipinski definition) is 7. The first-order chi connectivity index (χ1) is 21.0. The van der Waals surface area contributed by atoms with Crippen LogP contribution in [0.4, 0.5) is 10.5 Å². The molecule has 1 N–H and O–H groups in total. The minimum atomic E-state index is -0.921. The van der Waals surface area contributed by atoms with Gasteiger partial charge in [-0.05, 0) is 44.0 Å². The number of carbonyl (C=O) groups excluding carboxylic acids is 4. The molecule has 44 heavy (non-hydrogen) atoms. The number of rotatable bonds is 8. The van der Waals surface area contributed by atoms with Crippen LogP contribution in [0.2, 0.25) is 0 Å².